The second-order valence-electron chi connectivity index (χ2n) is 6.17. The molecule has 28 heavy (non-hydrogen) atoms. The Kier molecular flexibility index (Phi) is 5.31. The van der Waals surface area contributed by atoms with Crippen LogP contribution in [0.1, 0.15) is 30.7 Å². The molecule has 4 rings (SSSR count). The molecule has 0 aliphatic rings. The summed E-state index contributed by atoms with van der Waals surface area (Å²) in [5.74, 6) is 7.44. The van der Waals surface area contributed by atoms with Crippen molar-refractivity contribution in [2.75, 3.05) is 6.61 Å². The number of aromatic nitrogens is 3. The zero-order valence-electron chi connectivity index (χ0n) is 15.3. The Morgan fingerprint density at radius 1 is 1.14 bits per heavy atom. The van der Waals surface area contributed by atoms with Crippen molar-refractivity contribution in [3.63, 3.8) is 0 Å². The Hall–Kier alpha value is -3.23. The molecule has 0 radical (unpaired) electrons. The summed E-state index contributed by atoms with van der Waals surface area (Å²) >= 11 is 6.05. The third-order valence-corrected chi connectivity index (χ3v) is 4.53. The highest BCUT2D eigenvalue weighted by molar-refractivity contribution is 6.30. The molecule has 1 atom stereocenters. The first-order valence-corrected chi connectivity index (χ1v) is 9.34. The van der Waals surface area contributed by atoms with E-state index in [0.29, 0.717) is 11.6 Å². The highest BCUT2D eigenvalue weighted by Gasteiger charge is 2.21. The average molecular weight is 392 g/mol. The standard InChI is InChI=1S/C22H18ClN3O2/c1-2-3-4-11-27-19-10-7-17-12-21(28-20(17)13-19)22(26-15-24-14-25-26)16-5-8-18(23)9-6-16/h5-10,12-15,22H,2,11H2,1H3. The summed E-state index contributed by atoms with van der Waals surface area (Å²) in [6.07, 6.45) is 4.00. The summed E-state index contributed by atoms with van der Waals surface area (Å²) in [6, 6.07) is 15.2. The first-order valence-electron chi connectivity index (χ1n) is 8.96. The van der Waals surface area contributed by atoms with Gasteiger partial charge in [0.15, 0.2) is 0 Å². The van der Waals surface area contributed by atoms with E-state index in [4.69, 9.17) is 20.8 Å². The molecule has 2 heterocycles. The molecule has 5 nitrogen and oxygen atoms in total. The van der Waals surface area contributed by atoms with Crippen LogP contribution in [0.3, 0.4) is 0 Å². The van der Waals surface area contributed by atoms with Crippen molar-refractivity contribution in [3.05, 3.63) is 77.5 Å². The Labute approximate surface area is 167 Å². The van der Waals surface area contributed by atoms with Crippen LogP contribution in [-0.4, -0.2) is 21.4 Å². The summed E-state index contributed by atoms with van der Waals surface area (Å²) in [6.45, 7) is 2.37. The van der Waals surface area contributed by atoms with Gasteiger partial charge in [0.1, 0.15) is 42.4 Å². The minimum absolute atomic E-state index is 0.244. The lowest BCUT2D eigenvalue weighted by Crippen LogP contribution is -2.12. The van der Waals surface area contributed by atoms with E-state index in [1.165, 1.54) is 6.33 Å². The highest BCUT2D eigenvalue weighted by Crippen LogP contribution is 2.32. The maximum Gasteiger partial charge on any atom is 0.149 e. The van der Waals surface area contributed by atoms with E-state index in [-0.39, 0.29) is 6.04 Å². The van der Waals surface area contributed by atoms with Gasteiger partial charge in [-0.2, -0.15) is 5.10 Å². The third kappa shape index (κ3) is 3.88. The van der Waals surface area contributed by atoms with Crippen LogP contribution in [0, 0.1) is 11.8 Å². The van der Waals surface area contributed by atoms with Crippen LogP contribution in [0.15, 0.2) is 65.6 Å². The van der Waals surface area contributed by atoms with Crippen LogP contribution < -0.4 is 4.74 Å². The number of halogens is 1. The Bertz CT molecular complexity index is 1120. The van der Waals surface area contributed by atoms with E-state index in [1.54, 1.807) is 11.0 Å². The zero-order valence-corrected chi connectivity index (χ0v) is 16.1. The molecular formula is C22H18ClN3O2. The van der Waals surface area contributed by atoms with Gasteiger partial charge in [-0.05, 0) is 35.9 Å². The number of nitrogens with zero attached hydrogens (tertiary/aromatic N) is 3. The van der Waals surface area contributed by atoms with Gasteiger partial charge in [0.05, 0.1) is 0 Å². The quantitative estimate of drug-likeness (QED) is 0.444. The third-order valence-electron chi connectivity index (χ3n) is 4.28. The monoisotopic (exact) mass is 391 g/mol. The van der Waals surface area contributed by atoms with Crippen molar-refractivity contribution in [1.82, 2.24) is 14.8 Å². The Balaban J connectivity index is 1.69. The molecule has 0 saturated heterocycles. The normalized spacial score (nSPS) is 11.8. The molecule has 0 fully saturated rings. The summed E-state index contributed by atoms with van der Waals surface area (Å²) < 4.78 is 13.6. The van der Waals surface area contributed by atoms with E-state index < -0.39 is 0 Å². The lowest BCUT2D eigenvalue weighted by atomic mass is 10.0. The maximum atomic E-state index is 6.17. The molecule has 0 amide bonds. The Morgan fingerprint density at radius 2 is 2.00 bits per heavy atom. The number of benzene rings is 2. The fourth-order valence-corrected chi connectivity index (χ4v) is 3.12. The van der Waals surface area contributed by atoms with Crippen molar-refractivity contribution in [3.8, 4) is 17.6 Å². The molecular weight excluding hydrogens is 374 g/mol. The van der Waals surface area contributed by atoms with Gasteiger partial charge in [-0.1, -0.05) is 36.6 Å². The Morgan fingerprint density at radius 3 is 2.75 bits per heavy atom. The highest BCUT2D eigenvalue weighted by atomic mass is 35.5. The van der Waals surface area contributed by atoms with Crippen LogP contribution in [0.25, 0.3) is 11.0 Å². The van der Waals surface area contributed by atoms with Gasteiger partial charge >= 0.3 is 0 Å². The van der Waals surface area contributed by atoms with Gasteiger partial charge in [-0.25, -0.2) is 9.67 Å². The van der Waals surface area contributed by atoms with E-state index in [0.717, 1.165) is 34.5 Å². The molecule has 4 aromatic rings. The van der Waals surface area contributed by atoms with E-state index in [1.807, 2.05) is 55.5 Å². The summed E-state index contributed by atoms with van der Waals surface area (Å²) in [4.78, 5) is 4.08. The molecule has 2 aromatic heterocycles. The average Bonchev–Trinajstić information content (AvgIpc) is 3.37. The van der Waals surface area contributed by atoms with Gasteiger partial charge in [-0.3, -0.25) is 0 Å². The topological polar surface area (TPSA) is 53.1 Å². The smallest absolute Gasteiger partial charge is 0.149 e. The maximum absolute atomic E-state index is 6.17. The van der Waals surface area contributed by atoms with Crippen LogP contribution in [0.4, 0.5) is 0 Å². The first-order chi connectivity index (χ1) is 13.7. The number of furan rings is 1. The van der Waals surface area contributed by atoms with Gasteiger partial charge in [0.25, 0.3) is 0 Å². The fourth-order valence-electron chi connectivity index (χ4n) is 3.00. The van der Waals surface area contributed by atoms with Gasteiger partial charge in [-0.15, -0.1) is 5.92 Å². The molecule has 0 N–H and O–H groups in total. The first kappa shape index (κ1) is 18.1. The molecule has 0 aliphatic carbocycles. The molecule has 0 bridgehead atoms. The second kappa shape index (κ2) is 8.20. The minimum Gasteiger partial charge on any atom is -0.481 e. The molecule has 0 saturated carbocycles. The van der Waals surface area contributed by atoms with Gasteiger partial charge in [0, 0.05) is 22.9 Å². The number of rotatable bonds is 5. The van der Waals surface area contributed by atoms with Crippen molar-refractivity contribution in [1.29, 1.82) is 0 Å². The molecule has 0 aliphatic heterocycles. The van der Waals surface area contributed by atoms with Gasteiger partial charge in [0.2, 0.25) is 0 Å². The van der Waals surface area contributed by atoms with Crippen LogP contribution >= 0.6 is 11.6 Å². The SMILES string of the molecule is CCC#CCOc1ccc2cc(C(c3ccc(Cl)cc3)n3cncn3)oc2c1. The number of hydrogen-bond acceptors (Lipinski definition) is 4. The number of hydrogen-bond donors (Lipinski definition) is 0. The van der Waals surface area contributed by atoms with Crippen molar-refractivity contribution in [2.45, 2.75) is 19.4 Å². The lowest BCUT2D eigenvalue weighted by Gasteiger charge is -2.15. The number of ether oxygens (including phenoxy) is 1. The van der Waals surface area contributed by atoms with Crippen LogP contribution in [0.2, 0.25) is 5.02 Å². The fraction of sp³-hybridized carbons (Fsp3) is 0.182. The largest absolute Gasteiger partial charge is 0.481 e. The van der Waals surface area contributed by atoms with Gasteiger partial charge < -0.3 is 9.15 Å². The molecule has 0 spiro atoms. The van der Waals surface area contributed by atoms with Crippen molar-refractivity contribution in [2.24, 2.45) is 0 Å². The molecule has 1 unspecified atom stereocenters. The van der Waals surface area contributed by atoms with Crippen LogP contribution in [-0.2, 0) is 0 Å². The van der Waals surface area contributed by atoms with Crippen molar-refractivity contribution < 1.29 is 9.15 Å². The van der Waals surface area contributed by atoms with E-state index >= 15 is 0 Å². The minimum atomic E-state index is -0.244. The second-order valence-corrected chi connectivity index (χ2v) is 6.61. The predicted molar refractivity (Wildman–Crippen MR) is 108 cm³/mol. The van der Waals surface area contributed by atoms with Crippen LogP contribution in [0.5, 0.6) is 5.75 Å². The van der Waals surface area contributed by atoms with Crippen molar-refractivity contribution >= 4 is 22.6 Å². The molecule has 140 valence electrons. The predicted octanol–water partition coefficient (Wildman–Crippen LogP) is 5.11. The number of fused-ring (bicyclic) bond motifs is 1. The summed E-state index contributed by atoms with van der Waals surface area (Å²) in [5.41, 5.74) is 1.75. The van der Waals surface area contributed by atoms with E-state index in [2.05, 4.69) is 21.9 Å². The molecule has 2 aromatic carbocycles. The zero-order chi connectivity index (χ0) is 19.3. The lowest BCUT2D eigenvalue weighted by molar-refractivity contribution is 0.369. The molecule has 6 heteroatoms. The summed E-state index contributed by atoms with van der Waals surface area (Å²) in [5, 5.41) is 5.98. The van der Waals surface area contributed by atoms with E-state index in [9.17, 15) is 0 Å². The summed E-state index contributed by atoms with van der Waals surface area (Å²) in [7, 11) is 0.